The summed E-state index contributed by atoms with van der Waals surface area (Å²) in [6.07, 6.45) is 0. The van der Waals surface area contributed by atoms with Crippen molar-refractivity contribution in [2.45, 2.75) is 13.5 Å². The lowest BCUT2D eigenvalue weighted by atomic mass is 10.1. The van der Waals surface area contributed by atoms with Crippen LogP contribution >= 0.6 is 11.6 Å². The molecule has 0 fully saturated rings. The van der Waals surface area contributed by atoms with Crippen LogP contribution in [-0.4, -0.2) is 11.0 Å². The number of aliphatic hydroxyl groups is 1. The number of rotatable bonds is 3. The van der Waals surface area contributed by atoms with Gasteiger partial charge in [0.1, 0.15) is 0 Å². The van der Waals surface area contributed by atoms with Crippen LogP contribution in [0.5, 0.6) is 0 Å². The first kappa shape index (κ1) is 13.6. The molecule has 0 spiro atoms. The molecule has 1 amide bonds. The fourth-order valence-corrected chi connectivity index (χ4v) is 1.81. The fraction of sp³-hybridized carbons (Fsp3) is 0.133. The third-order valence-corrected chi connectivity index (χ3v) is 3.24. The molecule has 2 aromatic carbocycles. The van der Waals surface area contributed by atoms with Crippen LogP contribution in [0, 0.1) is 6.92 Å². The third-order valence-electron chi connectivity index (χ3n) is 2.83. The van der Waals surface area contributed by atoms with E-state index in [9.17, 15) is 4.79 Å². The quantitative estimate of drug-likeness (QED) is 0.902. The molecule has 0 aliphatic rings. The number of amides is 1. The second-order valence-electron chi connectivity index (χ2n) is 4.27. The number of hydrogen-bond acceptors (Lipinski definition) is 2. The summed E-state index contributed by atoms with van der Waals surface area (Å²) in [5, 5.41) is 12.3. The predicted octanol–water partition coefficient (Wildman–Crippen LogP) is 3.39. The smallest absolute Gasteiger partial charge is 0.255 e. The summed E-state index contributed by atoms with van der Waals surface area (Å²) in [5.41, 5.74) is 2.93. The second-order valence-corrected chi connectivity index (χ2v) is 4.68. The first-order valence-corrected chi connectivity index (χ1v) is 6.25. The molecule has 2 aromatic rings. The molecule has 0 saturated heterocycles. The third kappa shape index (κ3) is 3.34. The Bertz CT molecular complexity index is 594. The van der Waals surface area contributed by atoms with Crippen LogP contribution in [0.2, 0.25) is 5.02 Å². The molecule has 19 heavy (non-hydrogen) atoms. The topological polar surface area (TPSA) is 49.3 Å². The summed E-state index contributed by atoms with van der Waals surface area (Å²) in [4.78, 5) is 12.0. The number of aliphatic hydroxyl groups excluding tert-OH is 1. The Hall–Kier alpha value is -1.84. The van der Waals surface area contributed by atoms with Crippen LogP contribution in [0.4, 0.5) is 5.69 Å². The minimum atomic E-state index is -0.210. The summed E-state index contributed by atoms with van der Waals surface area (Å²) in [7, 11) is 0. The van der Waals surface area contributed by atoms with Crippen molar-refractivity contribution >= 4 is 23.2 Å². The van der Waals surface area contributed by atoms with Crippen LogP contribution in [0.3, 0.4) is 0 Å². The molecule has 4 heteroatoms. The van der Waals surface area contributed by atoms with Crippen molar-refractivity contribution in [1.82, 2.24) is 0 Å². The molecule has 0 saturated carbocycles. The van der Waals surface area contributed by atoms with Crippen LogP contribution in [0.1, 0.15) is 21.5 Å². The minimum absolute atomic E-state index is 0.0121. The number of anilines is 1. The normalized spacial score (nSPS) is 10.3. The maximum atomic E-state index is 12.0. The Balaban J connectivity index is 2.13. The van der Waals surface area contributed by atoms with Crippen molar-refractivity contribution in [3.8, 4) is 0 Å². The van der Waals surface area contributed by atoms with Crippen LogP contribution in [0.25, 0.3) is 0 Å². The molecule has 0 heterocycles. The van der Waals surface area contributed by atoms with Crippen molar-refractivity contribution < 1.29 is 9.90 Å². The molecule has 0 aromatic heterocycles. The van der Waals surface area contributed by atoms with Gasteiger partial charge in [-0.05, 0) is 42.3 Å². The zero-order valence-corrected chi connectivity index (χ0v) is 11.2. The lowest BCUT2D eigenvalue weighted by Gasteiger charge is -2.07. The Kier molecular flexibility index (Phi) is 4.20. The van der Waals surface area contributed by atoms with E-state index in [-0.39, 0.29) is 12.5 Å². The van der Waals surface area contributed by atoms with Gasteiger partial charge in [0.15, 0.2) is 0 Å². The molecule has 0 unspecified atom stereocenters. The number of halogens is 1. The highest BCUT2D eigenvalue weighted by molar-refractivity contribution is 6.31. The van der Waals surface area contributed by atoms with E-state index in [1.165, 1.54) is 0 Å². The highest BCUT2D eigenvalue weighted by Gasteiger charge is 2.07. The zero-order chi connectivity index (χ0) is 13.8. The van der Waals surface area contributed by atoms with Gasteiger partial charge in [0.25, 0.3) is 5.91 Å². The van der Waals surface area contributed by atoms with Crippen molar-refractivity contribution in [2.24, 2.45) is 0 Å². The van der Waals surface area contributed by atoms with Gasteiger partial charge in [-0.2, -0.15) is 0 Å². The van der Waals surface area contributed by atoms with E-state index in [2.05, 4.69) is 5.32 Å². The number of carbonyl (C=O) groups is 1. The molecule has 0 atom stereocenters. The molecule has 2 rings (SSSR count). The number of hydrogen-bond donors (Lipinski definition) is 2. The van der Waals surface area contributed by atoms with Gasteiger partial charge in [0, 0.05) is 16.3 Å². The van der Waals surface area contributed by atoms with Gasteiger partial charge in [-0.1, -0.05) is 29.8 Å². The van der Waals surface area contributed by atoms with E-state index < -0.39 is 0 Å². The molecule has 2 N–H and O–H groups in total. The predicted molar refractivity (Wildman–Crippen MR) is 76.5 cm³/mol. The summed E-state index contributed by atoms with van der Waals surface area (Å²) >= 11 is 5.99. The standard InChI is InChI=1S/C15H14ClNO2/c1-10-2-5-12(8-14(10)16)15(19)17-13-6-3-11(9-18)4-7-13/h2-8,18H,9H2,1H3,(H,17,19). The van der Waals surface area contributed by atoms with Crippen LogP contribution in [0.15, 0.2) is 42.5 Å². The van der Waals surface area contributed by atoms with E-state index in [4.69, 9.17) is 16.7 Å². The van der Waals surface area contributed by atoms with Crippen molar-refractivity contribution in [2.75, 3.05) is 5.32 Å². The first-order chi connectivity index (χ1) is 9.10. The van der Waals surface area contributed by atoms with Gasteiger partial charge in [-0.3, -0.25) is 4.79 Å². The maximum Gasteiger partial charge on any atom is 0.255 e. The Morgan fingerprint density at radius 3 is 2.47 bits per heavy atom. The lowest BCUT2D eigenvalue weighted by Crippen LogP contribution is -2.11. The summed E-state index contributed by atoms with van der Waals surface area (Å²) < 4.78 is 0. The monoisotopic (exact) mass is 275 g/mol. The van der Waals surface area contributed by atoms with Gasteiger partial charge in [0.05, 0.1) is 6.61 Å². The average Bonchev–Trinajstić information content (AvgIpc) is 2.42. The molecule has 0 aliphatic heterocycles. The lowest BCUT2D eigenvalue weighted by molar-refractivity contribution is 0.102. The van der Waals surface area contributed by atoms with Gasteiger partial charge in [-0.15, -0.1) is 0 Å². The molecule has 98 valence electrons. The van der Waals surface area contributed by atoms with Crippen LogP contribution in [-0.2, 0) is 6.61 Å². The molecule has 0 aliphatic carbocycles. The van der Waals surface area contributed by atoms with E-state index in [0.717, 1.165) is 11.1 Å². The van der Waals surface area contributed by atoms with E-state index in [1.54, 1.807) is 36.4 Å². The van der Waals surface area contributed by atoms with Gasteiger partial charge >= 0.3 is 0 Å². The minimum Gasteiger partial charge on any atom is -0.392 e. The SMILES string of the molecule is Cc1ccc(C(=O)Nc2ccc(CO)cc2)cc1Cl. The maximum absolute atomic E-state index is 12.0. The highest BCUT2D eigenvalue weighted by Crippen LogP contribution is 2.18. The largest absolute Gasteiger partial charge is 0.392 e. The van der Waals surface area contributed by atoms with Crippen LogP contribution < -0.4 is 5.32 Å². The fourth-order valence-electron chi connectivity index (χ4n) is 1.63. The number of carbonyl (C=O) groups excluding carboxylic acids is 1. The molecular formula is C15H14ClNO2. The van der Waals surface area contributed by atoms with Crippen molar-refractivity contribution in [1.29, 1.82) is 0 Å². The van der Waals surface area contributed by atoms with Gasteiger partial charge in [-0.25, -0.2) is 0 Å². The van der Waals surface area contributed by atoms with Crippen molar-refractivity contribution in [3.63, 3.8) is 0 Å². The molecular weight excluding hydrogens is 262 g/mol. The van der Waals surface area contributed by atoms with E-state index in [1.807, 2.05) is 13.0 Å². The second kappa shape index (κ2) is 5.87. The van der Waals surface area contributed by atoms with Gasteiger partial charge in [0.2, 0.25) is 0 Å². The Morgan fingerprint density at radius 1 is 1.21 bits per heavy atom. The van der Waals surface area contributed by atoms with Crippen molar-refractivity contribution in [3.05, 3.63) is 64.2 Å². The van der Waals surface area contributed by atoms with Gasteiger partial charge < -0.3 is 10.4 Å². The average molecular weight is 276 g/mol. The highest BCUT2D eigenvalue weighted by atomic mass is 35.5. The summed E-state index contributed by atoms with van der Waals surface area (Å²) in [6.45, 7) is 1.87. The number of aryl methyl sites for hydroxylation is 1. The Morgan fingerprint density at radius 2 is 1.89 bits per heavy atom. The Labute approximate surface area is 116 Å². The first-order valence-electron chi connectivity index (χ1n) is 5.87. The summed E-state index contributed by atoms with van der Waals surface area (Å²) in [5.74, 6) is -0.210. The molecule has 3 nitrogen and oxygen atoms in total. The molecule has 0 bridgehead atoms. The summed E-state index contributed by atoms with van der Waals surface area (Å²) in [6, 6.07) is 12.2. The molecule has 0 radical (unpaired) electrons. The van der Waals surface area contributed by atoms with E-state index >= 15 is 0 Å². The number of benzene rings is 2. The number of nitrogens with one attached hydrogen (secondary N) is 1. The van der Waals surface area contributed by atoms with E-state index in [0.29, 0.717) is 16.3 Å². The zero-order valence-electron chi connectivity index (χ0n) is 10.5.